The second-order valence-corrected chi connectivity index (χ2v) is 9.57. The van der Waals surface area contributed by atoms with Gasteiger partial charge in [-0.1, -0.05) is 0 Å². The fourth-order valence-electron chi connectivity index (χ4n) is 3.93. The predicted octanol–water partition coefficient (Wildman–Crippen LogP) is 3.50. The average Bonchev–Trinajstić information content (AvgIpc) is 2.79. The van der Waals surface area contributed by atoms with E-state index >= 15 is 0 Å². The first kappa shape index (κ1) is 24.4. The second-order valence-electron chi connectivity index (χ2n) is 8.43. The Hall–Kier alpha value is -2.73. The van der Waals surface area contributed by atoms with E-state index in [9.17, 15) is 18.0 Å². The van der Waals surface area contributed by atoms with Gasteiger partial charge < -0.3 is 24.9 Å². The van der Waals surface area contributed by atoms with Crippen LogP contribution in [0.15, 0.2) is 35.2 Å². The highest BCUT2D eigenvalue weighted by Crippen LogP contribution is 2.37. The van der Waals surface area contributed by atoms with E-state index in [1.165, 1.54) is 24.3 Å². The highest BCUT2D eigenvalue weighted by Gasteiger charge is 2.29. The van der Waals surface area contributed by atoms with Gasteiger partial charge >= 0.3 is 11.5 Å². The van der Waals surface area contributed by atoms with Crippen LogP contribution in [0.25, 0.3) is 0 Å². The van der Waals surface area contributed by atoms with Crippen molar-refractivity contribution in [2.75, 3.05) is 74.5 Å². The number of hydrogen-bond donors (Lipinski definition) is 1. The number of alkyl halides is 3. The molecule has 1 N–H and O–H groups in total. The van der Waals surface area contributed by atoms with Crippen molar-refractivity contribution in [2.24, 2.45) is 0 Å². The van der Waals surface area contributed by atoms with Gasteiger partial charge in [0.1, 0.15) is 5.82 Å². The number of urea groups is 1. The molecule has 2 aromatic rings. The van der Waals surface area contributed by atoms with Gasteiger partial charge in [-0.2, -0.15) is 18.2 Å². The summed E-state index contributed by atoms with van der Waals surface area (Å²) in [4.78, 5) is 30.5. The molecule has 0 bridgehead atoms. The van der Waals surface area contributed by atoms with E-state index in [1.807, 2.05) is 13.0 Å². The topological polar surface area (TPSA) is 67.8 Å². The van der Waals surface area contributed by atoms with Crippen molar-refractivity contribution in [3.8, 4) is 0 Å². The molecule has 2 saturated heterocycles. The lowest BCUT2D eigenvalue weighted by molar-refractivity contribution is -0.0328. The molecule has 0 aliphatic carbocycles. The van der Waals surface area contributed by atoms with Crippen LogP contribution in [0.2, 0.25) is 0 Å². The first-order chi connectivity index (χ1) is 16.2. The summed E-state index contributed by atoms with van der Waals surface area (Å²) in [6.45, 7) is 8.00. The molecule has 34 heavy (non-hydrogen) atoms. The molecule has 0 spiro atoms. The quantitative estimate of drug-likeness (QED) is 0.652. The molecule has 184 valence electrons. The largest absolute Gasteiger partial charge is 0.446 e. The number of piperazine rings is 2. The van der Waals surface area contributed by atoms with Crippen LogP contribution < -0.4 is 15.1 Å². The van der Waals surface area contributed by atoms with Crippen LogP contribution in [0.1, 0.15) is 5.69 Å². The van der Waals surface area contributed by atoms with E-state index in [1.54, 1.807) is 4.90 Å². The first-order valence-electron chi connectivity index (χ1n) is 11.1. The fourth-order valence-corrected chi connectivity index (χ4v) is 4.47. The van der Waals surface area contributed by atoms with Crippen molar-refractivity contribution in [3.63, 3.8) is 0 Å². The number of carbonyl (C=O) groups is 1. The maximum Gasteiger partial charge on any atom is 0.446 e. The van der Waals surface area contributed by atoms with Gasteiger partial charge in [0.2, 0.25) is 5.95 Å². The number of amides is 2. The van der Waals surface area contributed by atoms with Crippen molar-refractivity contribution in [1.29, 1.82) is 0 Å². The van der Waals surface area contributed by atoms with Crippen LogP contribution in [-0.2, 0) is 0 Å². The highest BCUT2D eigenvalue weighted by atomic mass is 32.2. The van der Waals surface area contributed by atoms with Crippen molar-refractivity contribution >= 4 is 35.2 Å². The van der Waals surface area contributed by atoms with Crippen LogP contribution in [0.4, 0.5) is 35.4 Å². The molecule has 3 heterocycles. The first-order valence-corrected chi connectivity index (χ1v) is 11.9. The third-order valence-corrected chi connectivity index (χ3v) is 6.58. The van der Waals surface area contributed by atoms with Crippen molar-refractivity contribution < 1.29 is 18.0 Å². The van der Waals surface area contributed by atoms with Gasteiger partial charge in [-0.05, 0) is 50.0 Å². The Balaban J connectivity index is 1.32. The fraction of sp³-hybridized carbons (Fsp3) is 0.500. The number of carbonyl (C=O) groups excluding carboxylic acids is 1. The molecule has 2 amide bonds. The maximum absolute atomic E-state index is 12.6. The van der Waals surface area contributed by atoms with Crippen LogP contribution in [0.3, 0.4) is 0 Å². The molecule has 0 saturated carbocycles. The summed E-state index contributed by atoms with van der Waals surface area (Å²) in [7, 11) is 2.12. The standard InChI is InChI=1S/C22H28F3N7OS/c1-16-15-19(30-9-7-29(2)8-10-30)28-20(26-16)31-11-13-32(14-12-31)21(33)27-17-3-5-18(6-4-17)34-22(23,24)25/h3-6,15H,7-14H2,1-2H3,(H,27,33). The zero-order chi connectivity index (χ0) is 24.3. The molecular formula is C22H28F3N7OS. The Morgan fingerprint density at radius 3 is 2.18 bits per heavy atom. The minimum atomic E-state index is -4.34. The number of aryl methyl sites for hydroxylation is 1. The summed E-state index contributed by atoms with van der Waals surface area (Å²) < 4.78 is 37.4. The smallest absolute Gasteiger partial charge is 0.354 e. The Labute approximate surface area is 201 Å². The summed E-state index contributed by atoms with van der Waals surface area (Å²) in [5.41, 5.74) is -2.97. The van der Waals surface area contributed by atoms with Gasteiger partial charge in [-0.15, -0.1) is 0 Å². The monoisotopic (exact) mass is 495 g/mol. The number of aromatic nitrogens is 2. The number of rotatable bonds is 4. The van der Waals surface area contributed by atoms with Crippen LogP contribution in [0, 0.1) is 6.92 Å². The Morgan fingerprint density at radius 2 is 1.56 bits per heavy atom. The van der Waals surface area contributed by atoms with Gasteiger partial charge in [0, 0.05) is 74.7 Å². The molecule has 2 fully saturated rings. The van der Waals surface area contributed by atoms with Crippen molar-refractivity contribution in [2.45, 2.75) is 17.3 Å². The highest BCUT2D eigenvalue weighted by molar-refractivity contribution is 8.00. The number of thioether (sulfide) groups is 1. The Kier molecular flexibility index (Phi) is 7.36. The lowest BCUT2D eigenvalue weighted by atomic mass is 10.3. The van der Waals surface area contributed by atoms with Crippen molar-refractivity contribution in [3.05, 3.63) is 36.0 Å². The van der Waals surface area contributed by atoms with Gasteiger partial charge in [0.05, 0.1) is 0 Å². The number of nitrogens with one attached hydrogen (secondary N) is 1. The number of anilines is 3. The molecule has 0 radical (unpaired) electrons. The predicted molar refractivity (Wildman–Crippen MR) is 128 cm³/mol. The van der Waals surface area contributed by atoms with E-state index in [4.69, 9.17) is 4.98 Å². The zero-order valence-corrected chi connectivity index (χ0v) is 20.0. The molecule has 0 atom stereocenters. The number of nitrogens with zero attached hydrogens (tertiary/aromatic N) is 6. The zero-order valence-electron chi connectivity index (χ0n) is 19.2. The summed E-state index contributed by atoms with van der Waals surface area (Å²) in [6, 6.07) is 7.37. The van der Waals surface area contributed by atoms with Crippen LogP contribution in [-0.4, -0.2) is 90.7 Å². The molecule has 1 aromatic carbocycles. The van der Waals surface area contributed by atoms with Crippen LogP contribution in [0.5, 0.6) is 0 Å². The molecule has 12 heteroatoms. The van der Waals surface area contributed by atoms with Gasteiger partial charge in [0.25, 0.3) is 0 Å². The molecule has 2 aliphatic rings. The van der Waals surface area contributed by atoms with E-state index in [2.05, 4.69) is 32.0 Å². The summed E-state index contributed by atoms with van der Waals surface area (Å²) in [5.74, 6) is 1.61. The van der Waals surface area contributed by atoms with Crippen molar-refractivity contribution in [1.82, 2.24) is 19.8 Å². The summed E-state index contributed by atoms with van der Waals surface area (Å²) in [5, 5.41) is 2.76. The number of hydrogen-bond acceptors (Lipinski definition) is 7. The van der Waals surface area contributed by atoms with E-state index < -0.39 is 5.51 Å². The minimum Gasteiger partial charge on any atom is -0.354 e. The molecule has 2 aliphatic heterocycles. The lowest BCUT2D eigenvalue weighted by Crippen LogP contribution is -2.50. The van der Waals surface area contributed by atoms with Gasteiger partial charge in [0.15, 0.2) is 0 Å². The lowest BCUT2D eigenvalue weighted by Gasteiger charge is -2.36. The SMILES string of the molecule is Cc1cc(N2CCN(C)CC2)nc(N2CCN(C(=O)Nc3ccc(SC(F)(F)F)cc3)CC2)n1. The molecular weight excluding hydrogens is 467 g/mol. The average molecular weight is 496 g/mol. The van der Waals surface area contributed by atoms with Crippen LogP contribution >= 0.6 is 11.8 Å². The van der Waals surface area contributed by atoms with E-state index in [0.717, 1.165) is 37.7 Å². The maximum atomic E-state index is 12.6. The summed E-state index contributed by atoms with van der Waals surface area (Å²) in [6.07, 6.45) is 0. The van der Waals surface area contributed by atoms with Gasteiger partial charge in [-0.3, -0.25) is 0 Å². The molecule has 8 nitrogen and oxygen atoms in total. The van der Waals surface area contributed by atoms with E-state index in [-0.39, 0.29) is 22.7 Å². The number of benzene rings is 1. The molecule has 4 rings (SSSR count). The Bertz CT molecular complexity index is 989. The van der Waals surface area contributed by atoms with E-state index in [0.29, 0.717) is 37.8 Å². The number of halogens is 3. The molecule has 0 unspecified atom stereocenters. The summed E-state index contributed by atoms with van der Waals surface area (Å²) >= 11 is -0.180. The second kappa shape index (κ2) is 10.3. The minimum absolute atomic E-state index is 0.0770. The van der Waals surface area contributed by atoms with Gasteiger partial charge in [-0.25, -0.2) is 9.78 Å². The third kappa shape index (κ3) is 6.44. The molecule has 1 aromatic heterocycles. The third-order valence-electron chi connectivity index (χ3n) is 5.85. The normalized spacial score (nSPS) is 17.7. The Morgan fingerprint density at radius 1 is 0.941 bits per heavy atom. The number of likely N-dealkylation sites (N-methyl/N-ethyl adjacent to an activating group) is 1.